The minimum absolute atomic E-state index is 0.707. The maximum atomic E-state index is 6.03. The molecule has 0 aliphatic rings. The van der Waals surface area contributed by atoms with Crippen LogP contribution in [0.4, 0.5) is 0 Å². The first-order valence-electron chi connectivity index (χ1n) is 11.1. The van der Waals surface area contributed by atoms with Gasteiger partial charge in [-0.15, -0.1) is 0 Å². The summed E-state index contributed by atoms with van der Waals surface area (Å²) in [6.07, 6.45) is 6.55. The zero-order valence-electron chi connectivity index (χ0n) is 19.2. The van der Waals surface area contributed by atoms with E-state index < -0.39 is 0 Å². The summed E-state index contributed by atoms with van der Waals surface area (Å²) in [5, 5.41) is 0. The lowest BCUT2D eigenvalue weighted by molar-refractivity contribution is 0.184. The van der Waals surface area contributed by atoms with Gasteiger partial charge in [0.25, 0.3) is 0 Å². The Morgan fingerprint density at radius 3 is 1.40 bits per heavy atom. The molecule has 0 unspecified atom stereocenters. The summed E-state index contributed by atoms with van der Waals surface area (Å²) in [5.74, 6) is 1.84. The number of methoxy groups -OCH3 is 2. The highest BCUT2D eigenvalue weighted by Gasteiger charge is 2.09. The number of hydrogen-bond acceptors (Lipinski definition) is 4. The van der Waals surface area contributed by atoms with Crippen molar-refractivity contribution in [3.05, 3.63) is 47.5 Å². The van der Waals surface area contributed by atoms with Crippen molar-refractivity contribution in [3.8, 4) is 22.6 Å². The van der Waals surface area contributed by atoms with Gasteiger partial charge >= 0.3 is 0 Å². The van der Waals surface area contributed by atoms with E-state index in [-0.39, 0.29) is 0 Å². The third-order valence-electron chi connectivity index (χ3n) is 5.23. The number of ether oxygens (including phenoxy) is 4. The Bertz CT molecular complexity index is 742. The van der Waals surface area contributed by atoms with Crippen molar-refractivity contribution in [2.24, 2.45) is 0 Å². The molecule has 0 atom stereocenters. The van der Waals surface area contributed by atoms with Crippen LogP contribution in [0.3, 0.4) is 0 Å². The van der Waals surface area contributed by atoms with Crippen LogP contribution in [0, 0.1) is 13.8 Å². The van der Waals surface area contributed by atoms with Crippen LogP contribution in [-0.2, 0) is 9.47 Å². The number of hydrogen-bond donors (Lipinski definition) is 0. The first kappa shape index (κ1) is 24.2. The van der Waals surface area contributed by atoms with Crippen LogP contribution in [0.15, 0.2) is 36.4 Å². The third kappa shape index (κ3) is 8.37. The molecule has 0 saturated heterocycles. The van der Waals surface area contributed by atoms with Crippen LogP contribution in [-0.4, -0.2) is 40.6 Å². The van der Waals surface area contributed by atoms with Crippen molar-refractivity contribution in [2.75, 3.05) is 40.6 Å². The van der Waals surface area contributed by atoms with E-state index in [0.717, 1.165) is 57.0 Å². The fourth-order valence-electron chi connectivity index (χ4n) is 3.39. The fourth-order valence-corrected chi connectivity index (χ4v) is 3.39. The van der Waals surface area contributed by atoms with E-state index in [2.05, 4.69) is 50.2 Å². The molecule has 0 amide bonds. The molecule has 4 nitrogen and oxygen atoms in total. The maximum absolute atomic E-state index is 6.03. The molecular weight excluding hydrogens is 376 g/mol. The number of unbranched alkanes of at least 4 members (excludes halogenated alkanes) is 4. The van der Waals surface area contributed by atoms with Gasteiger partial charge in [0.2, 0.25) is 0 Å². The number of rotatable bonds is 15. The molecule has 0 heterocycles. The van der Waals surface area contributed by atoms with Gasteiger partial charge in [0.15, 0.2) is 0 Å². The lowest BCUT2D eigenvalue weighted by Gasteiger charge is -2.15. The topological polar surface area (TPSA) is 36.9 Å². The second kappa shape index (κ2) is 14.1. The Labute approximate surface area is 182 Å². The highest BCUT2D eigenvalue weighted by Crippen LogP contribution is 2.33. The van der Waals surface area contributed by atoms with Gasteiger partial charge in [-0.05, 0) is 92.5 Å². The van der Waals surface area contributed by atoms with Crippen LogP contribution in [0.25, 0.3) is 11.1 Å². The molecule has 0 aromatic heterocycles. The summed E-state index contributed by atoms with van der Waals surface area (Å²) >= 11 is 0. The van der Waals surface area contributed by atoms with Gasteiger partial charge in [-0.1, -0.05) is 18.6 Å². The summed E-state index contributed by atoms with van der Waals surface area (Å²) in [7, 11) is 3.49. The van der Waals surface area contributed by atoms with Crippen LogP contribution < -0.4 is 9.47 Å². The van der Waals surface area contributed by atoms with E-state index in [1.807, 2.05) is 0 Å². The Kier molecular flexibility index (Phi) is 11.3. The average molecular weight is 415 g/mol. The molecule has 0 aliphatic heterocycles. The molecule has 0 spiro atoms. The normalized spacial score (nSPS) is 10.9. The minimum atomic E-state index is 0.707. The molecule has 0 bridgehead atoms. The van der Waals surface area contributed by atoms with Crippen LogP contribution in [0.5, 0.6) is 11.5 Å². The van der Waals surface area contributed by atoms with Crippen molar-refractivity contribution >= 4 is 0 Å². The number of aryl methyl sites for hydroxylation is 2. The highest BCUT2D eigenvalue weighted by atomic mass is 16.5. The largest absolute Gasteiger partial charge is 0.494 e. The minimum Gasteiger partial charge on any atom is -0.494 e. The van der Waals surface area contributed by atoms with E-state index in [0.29, 0.717) is 6.61 Å². The summed E-state index contributed by atoms with van der Waals surface area (Å²) in [4.78, 5) is 0. The molecule has 0 saturated carbocycles. The summed E-state index contributed by atoms with van der Waals surface area (Å²) in [5.41, 5.74) is 4.88. The van der Waals surface area contributed by atoms with E-state index in [4.69, 9.17) is 18.9 Å². The Hall–Kier alpha value is -2.04. The van der Waals surface area contributed by atoms with Crippen molar-refractivity contribution in [2.45, 2.75) is 52.4 Å². The van der Waals surface area contributed by atoms with Crippen molar-refractivity contribution in [1.29, 1.82) is 0 Å². The smallest absolute Gasteiger partial charge is 0.119 e. The van der Waals surface area contributed by atoms with Crippen molar-refractivity contribution < 1.29 is 18.9 Å². The molecule has 2 rings (SSSR count). The van der Waals surface area contributed by atoms with Crippen LogP contribution >= 0.6 is 0 Å². The second-order valence-corrected chi connectivity index (χ2v) is 7.76. The molecule has 0 fully saturated rings. The lowest BCUT2D eigenvalue weighted by Crippen LogP contribution is -2.00. The molecule has 4 heteroatoms. The van der Waals surface area contributed by atoms with Gasteiger partial charge in [0.1, 0.15) is 11.5 Å². The highest BCUT2D eigenvalue weighted by molar-refractivity contribution is 5.73. The summed E-state index contributed by atoms with van der Waals surface area (Å²) in [6, 6.07) is 12.7. The monoisotopic (exact) mass is 414 g/mol. The average Bonchev–Trinajstić information content (AvgIpc) is 2.75. The van der Waals surface area contributed by atoms with Crippen molar-refractivity contribution in [1.82, 2.24) is 0 Å². The van der Waals surface area contributed by atoms with Gasteiger partial charge in [0, 0.05) is 27.4 Å². The molecule has 2 aromatic carbocycles. The fraction of sp³-hybridized carbons (Fsp3) is 0.538. The Morgan fingerprint density at radius 2 is 0.933 bits per heavy atom. The lowest BCUT2D eigenvalue weighted by atomic mass is 9.96. The molecule has 0 aliphatic carbocycles. The standard InChI is InChI=1S/C26H38O4/c1-21-11-13-23(29-17-8-6-5-7-15-27-3)19-25(21)26-20-24(14-12-22(26)2)30-18-10-9-16-28-4/h11-14,19-20H,5-10,15-18H2,1-4H3. The van der Waals surface area contributed by atoms with E-state index in [1.165, 1.54) is 35.1 Å². The van der Waals surface area contributed by atoms with Crippen LogP contribution in [0.2, 0.25) is 0 Å². The number of benzene rings is 2. The molecule has 2 aromatic rings. The summed E-state index contributed by atoms with van der Waals surface area (Å²) < 4.78 is 22.2. The van der Waals surface area contributed by atoms with Gasteiger partial charge in [-0.2, -0.15) is 0 Å². The van der Waals surface area contributed by atoms with Gasteiger partial charge in [-0.25, -0.2) is 0 Å². The first-order chi connectivity index (χ1) is 14.7. The molecular formula is C26H38O4. The van der Waals surface area contributed by atoms with Gasteiger partial charge in [0.05, 0.1) is 13.2 Å². The maximum Gasteiger partial charge on any atom is 0.119 e. The quantitative estimate of drug-likeness (QED) is 0.318. The Balaban J connectivity index is 1.96. The second-order valence-electron chi connectivity index (χ2n) is 7.76. The molecule has 0 N–H and O–H groups in total. The molecule has 30 heavy (non-hydrogen) atoms. The van der Waals surface area contributed by atoms with Crippen LogP contribution in [0.1, 0.15) is 49.7 Å². The SMILES string of the molecule is COCCCCCCOc1ccc(C)c(-c2cc(OCCCCOC)ccc2C)c1. The van der Waals surface area contributed by atoms with E-state index in [9.17, 15) is 0 Å². The summed E-state index contributed by atoms with van der Waals surface area (Å²) in [6.45, 7) is 7.37. The first-order valence-corrected chi connectivity index (χ1v) is 11.1. The molecule has 166 valence electrons. The zero-order chi connectivity index (χ0) is 21.6. The zero-order valence-corrected chi connectivity index (χ0v) is 19.2. The third-order valence-corrected chi connectivity index (χ3v) is 5.23. The van der Waals surface area contributed by atoms with Crippen molar-refractivity contribution in [3.63, 3.8) is 0 Å². The van der Waals surface area contributed by atoms with Gasteiger partial charge in [-0.3, -0.25) is 0 Å². The van der Waals surface area contributed by atoms with E-state index in [1.54, 1.807) is 14.2 Å². The molecule has 0 radical (unpaired) electrons. The Morgan fingerprint density at radius 1 is 0.533 bits per heavy atom. The van der Waals surface area contributed by atoms with E-state index >= 15 is 0 Å². The van der Waals surface area contributed by atoms with Gasteiger partial charge < -0.3 is 18.9 Å². The predicted octanol–water partition coefficient (Wildman–Crippen LogP) is 6.36. The predicted molar refractivity (Wildman–Crippen MR) is 124 cm³/mol.